The topological polar surface area (TPSA) is 83.7 Å². The maximum absolute atomic E-state index is 12.2. The fraction of sp³-hybridized carbons (Fsp3) is 0.545. The third kappa shape index (κ3) is 3.32. The molecule has 112 valence electrons. The minimum Gasteiger partial charge on any atom is -0.396 e. The molecule has 6 nitrogen and oxygen atoms in total. The van der Waals surface area contributed by atoms with E-state index in [2.05, 4.69) is 9.71 Å². The molecule has 9 heteroatoms. The SMILES string of the molecule is CC(CO)CCCNS(=O)(=O)c1c(Cl)nc2sccn12. The van der Waals surface area contributed by atoms with E-state index in [4.69, 9.17) is 16.7 Å². The first kappa shape index (κ1) is 15.7. The first-order valence-corrected chi connectivity index (χ1v) is 8.91. The highest BCUT2D eigenvalue weighted by Crippen LogP contribution is 2.25. The van der Waals surface area contributed by atoms with Crippen LogP contribution >= 0.6 is 22.9 Å². The fourth-order valence-corrected chi connectivity index (χ4v) is 4.32. The normalized spacial score (nSPS) is 13.9. The molecule has 0 aliphatic carbocycles. The van der Waals surface area contributed by atoms with Crippen molar-refractivity contribution < 1.29 is 13.5 Å². The molecule has 0 aliphatic heterocycles. The zero-order valence-corrected chi connectivity index (χ0v) is 13.3. The average Bonchev–Trinajstić information content (AvgIpc) is 2.93. The number of thiazole rings is 1. The highest BCUT2D eigenvalue weighted by molar-refractivity contribution is 7.89. The van der Waals surface area contributed by atoms with Gasteiger partial charge >= 0.3 is 0 Å². The second-order valence-electron chi connectivity index (χ2n) is 4.59. The summed E-state index contributed by atoms with van der Waals surface area (Å²) in [5, 5.41) is 10.6. The van der Waals surface area contributed by atoms with E-state index >= 15 is 0 Å². The number of sulfonamides is 1. The Labute approximate surface area is 126 Å². The first-order valence-electron chi connectivity index (χ1n) is 6.17. The lowest BCUT2D eigenvalue weighted by Gasteiger charge is -2.08. The summed E-state index contributed by atoms with van der Waals surface area (Å²) < 4.78 is 28.5. The third-order valence-electron chi connectivity index (χ3n) is 2.91. The Morgan fingerprint density at radius 1 is 1.60 bits per heavy atom. The Morgan fingerprint density at radius 3 is 3.05 bits per heavy atom. The third-order valence-corrected chi connectivity index (χ3v) is 5.53. The zero-order chi connectivity index (χ0) is 14.8. The highest BCUT2D eigenvalue weighted by atomic mass is 35.5. The molecule has 2 aromatic rings. The summed E-state index contributed by atoms with van der Waals surface area (Å²) in [4.78, 5) is 4.55. The largest absolute Gasteiger partial charge is 0.396 e. The summed E-state index contributed by atoms with van der Waals surface area (Å²) in [6.45, 7) is 2.33. The van der Waals surface area contributed by atoms with Crippen molar-refractivity contribution in [2.45, 2.75) is 24.8 Å². The quantitative estimate of drug-likeness (QED) is 0.754. The molecule has 2 rings (SSSR count). The lowest BCUT2D eigenvalue weighted by atomic mass is 10.1. The molecule has 0 aromatic carbocycles. The van der Waals surface area contributed by atoms with E-state index in [-0.39, 0.29) is 22.7 Å². The van der Waals surface area contributed by atoms with Crippen LogP contribution in [0.2, 0.25) is 5.15 Å². The summed E-state index contributed by atoms with van der Waals surface area (Å²) >= 11 is 7.22. The summed E-state index contributed by atoms with van der Waals surface area (Å²) in [7, 11) is -3.69. The molecule has 2 aromatic heterocycles. The van der Waals surface area contributed by atoms with Gasteiger partial charge in [-0.15, -0.1) is 11.3 Å². The number of nitrogens with zero attached hydrogens (tertiary/aromatic N) is 2. The van der Waals surface area contributed by atoms with Crippen molar-refractivity contribution in [3.05, 3.63) is 16.7 Å². The van der Waals surface area contributed by atoms with E-state index in [1.165, 1.54) is 15.7 Å². The van der Waals surface area contributed by atoms with Crippen molar-refractivity contribution in [2.24, 2.45) is 5.92 Å². The molecule has 0 saturated carbocycles. The number of aliphatic hydroxyl groups excluding tert-OH is 1. The predicted molar refractivity (Wildman–Crippen MR) is 78.8 cm³/mol. The highest BCUT2D eigenvalue weighted by Gasteiger charge is 2.24. The van der Waals surface area contributed by atoms with E-state index in [1.807, 2.05) is 6.92 Å². The molecule has 1 atom stereocenters. The van der Waals surface area contributed by atoms with E-state index in [9.17, 15) is 8.42 Å². The van der Waals surface area contributed by atoms with E-state index in [0.29, 0.717) is 17.9 Å². The van der Waals surface area contributed by atoms with Crippen LogP contribution in [-0.2, 0) is 10.0 Å². The number of fused-ring (bicyclic) bond motifs is 1. The number of hydrogen-bond acceptors (Lipinski definition) is 5. The maximum Gasteiger partial charge on any atom is 0.259 e. The van der Waals surface area contributed by atoms with Gasteiger partial charge in [0.05, 0.1) is 0 Å². The molecule has 2 heterocycles. The molecule has 20 heavy (non-hydrogen) atoms. The van der Waals surface area contributed by atoms with Gasteiger partial charge in [0.1, 0.15) is 0 Å². The Bertz CT molecular complexity index is 680. The number of aliphatic hydroxyl groups is 1. The summed E-state index contributed by atoms with van der Waals surface area (Å²) in [5.41, 5.74) is 0. The zero-order valence-electron chi connectivity index (χ0n) is 10.9. The van der Waals surface area contributed by atoms with Crippen LogP contribution in [0.25, 0.3) is 4.96 Å². The molecule has 0 spiro atoms. The molecular formula is C11H16ClN3O3S2. The Morgan fingerprint density at radius 2 is 2.35 bits per heavy atom. The van der Waals surface area contributed by atoms with Gasteiger partial charge in [-0.2, -0.15) is 0 Å². The summed E-state index contributed by atoms with van der Waals surface area (Å²) in [5.74, 6) is 0.168. The number of rotatable bonds is 7. The molecule has 0 fully saturated rings. The van der Waals surface area contributed by atoms with Crippen molar-refractivity contribution in [3.63, 3.8) is 0 Å². The van der Waals surface area contributed by atoms with Crippen LogP contribution in [0.15, 0.2) is 16.6 Å². The Balaban J connectivity index is 2.07. The minimum absolute atomic E-state index is 0.0203. The molecule has 0 aliphatic rings. The van der Waals surface area contributed by atoms with Crippen LogP contribution in [0.1, 0.15) is 19.8 Å². The van der Waals surface area contributed by atoms with Gasteiger partial charge in [0.15, 0.2) is 15.1 Å². The molecular weight excluding hydrogens is 322 g/mol. The monoisotopic (exact) mass is 337 g/mol. The number of nitrogens with one attached hydrogen (secondary N) is 1. The number of hydrogen-bond donors (Lipinski definition) is 2. The minimum atomic E-state index is -3.69. The van der Waals surface area contributed by atoms with Crippen molar-refractivity contribution >= 4 is 37.9 Å². The van der Waals surface area contributed by atoms with E-state index in [0.717, 1.165) is 6.42 Å². The predicted octanol–water partition coefficient (Wildman–Crippen LogP) is 1.74. The lowest BCUT2D eigenvalue weighted by molar-refractivity contribution is 0.228. The van der Waals surface area contributed by atoms with Gasteiger partial charge in [0.2, 0.25) is 0 Å². The van der Waals surface area contributed by atoms with Crippen LogP contribution in [0.3, 0.4) is 0 Å². The van der Waals surface area contributed by atoms with Crippen LogP contribution in [0.5, 0.6) is 0 Å². The van der Waals surface area contributed by atoms with Crippen LogP contribution in [-0.4, -0.2) is 36.1 Å². The van der Waals surface area contributed by atoms with Crippen LogP contribution in [0.4, 0.5) is 0 Å². The average molecular weight is 338 g/mol. The number of aromatic nitrogens is 2. The van der Waals surface area contributed by atoms with Gasteiger partial charge in [-0.1, -0.05) is 18.5 Å². The number of halogens is 1. The van der Waals surface area contributed by atoms with Crippen molar-refractivity contribution in [3.8, 4) is 0 Å². The molecule has 0 radical (unpaired) electrons. The molecule has 0 bridgehead atoms. The first-order chi connectivity index (χ1) is 9.45. The summed E-state index contributed by atoms with van der Waals surface area (Å²) in [6.07, 6.45) is 3.04. The Hall–Kier alpha value is -0.670. The fourth-order valence-electron chi connectivity index (χ4n) is 1.80. The van der Waals surface area contributed by atoms with Gasteiger partial charge in [0, 0.05) is 24.7 Å². The Kier molecular flexibility index (Phi) is 5.03. The molecule has 0 saturated heterocycles. The van der Waals surface area contributed by atoms with Gasteiger partial charge in [-0.25, -0.2) is 18.1 Å². The maximum atomic E-state index is 12.2. The smallest absolute Gasteiger partial charge is 0.259 e. The van der Waals surface area contributed by atoms with Gasteiger partial charge < -0.3 is 5.11 Å². The standard InChI is InChI=1S/C11H16ClN3O3S2/c1-8(7-16)3-2-4-13-20(17,18)10-9(12)14-11-15(10)5-6-19-11/h5-6,8,13,16H,2-4,7H2,1H3. The number of imidazole rings is 1. The van der Waals surface area contributed by atoms with E-state index < -0.39 is 10.0 Å². The lowest BCUT2D eigenvalue weighted by Crippen LogP contribution is -2.26. The van der Waals surface area contributed by atoms with Gasteiger partial charge in [0.25, 0.3) is 10.0 Å². The molecule has 1 unspecified atom stereocenters. The van der Waals surface area contributed by atoms with Crippen molar-refractivity contribution in [1.29, 1.82) is 0 Å². The van der Waals surface area contributed by atoms with Crippen molar-refractivity contribution in [1.82, 2.24) is 14.1 Å². The van der Waals surface area contributed by atoms with Crippen LogP contribution < -0.4 is 4.72 Å². The second kappa shape index (κ2) is 6.40. The van der Waals surface area contributed by atoms with Gasteiger partial charge in [-0.3, -0.25) is 4.40 Å². The van der Waals surface area contributed by atoms with E-state index in [1.54, 1.807) is 11.6 Å². The molecule has 2 N–H and O–H groups in total. The van der Waals surface area contributed by atoms with Crippen molar-refractivity contribution in [2.75, 3.05) is 13.2 Å². The molecule has 0 amide bonds. The summed E-state index contributed by atoms with van der Waals surface area (Å²) in [6, 6.07) is 0. The second-order valence-corrected chi connectivity index (χ2v) is 7.50. The van der Waals surface area contributed by atoms with Crippen LogP contribution in [0, 0.1) is 5.92 Å². The van der Waals surface area contributed by atoms with Gasteiger partial charge in [-0.05, 0) is 18.8 Å².